The number of imidazole rings is 1. The van der Waals surface area contributed by atoms with E-state index in [0.717, 1.165) is 36.4 Å². The third-order valence-electron chi connectivity index (χ3n) is 3.49. The molecule has 1 amide bonds. The highest BCUT2D eigenvalue weighted by atomic mass is 16.1. The van der Waals surface area contributed by atoms with Gasteiger partial charge < -0.3 is 15.6 Å². The molecule has 1 aromatic carbocycles. The van der Waals surface area contributed by atoms with Crippen LogP contribution in [0, 0.1) is 0 Å². The molecule has 1 unspecified atom stereocenters. The number of aromatic nitrogens is 2. The number of nitrogens with one attached hydrogen (secondary N) is 1. The number of primary amides is 1. The van der Waals surface area contributed by atoms with Gasteiger partial charge in [0.25, 0.3) is 0 Å². The summed E-state index contributed by atoms with van der Waals surface area (Å²) in [7, 11) is 0. The summed E-state index contributed by atoms with van der Waals surface area (Å²) in [5.41, 5.74) is 7.54. The molecule has 20 heavy (non-hydrogen) atoms. The number of hydrogen-bond donors (Lipinski definition) is 2. The number of rotatable bonds is 7. The fourth-order valence-electron chi connectivity index (χ4n) is 2.49. The zero-order chi connectivity index (χ0) is 14.5. The predicted molar refractivity (Wildman–Crippen MR) is 80.4 cm³/mol. The first-order valence-corrected chi connectivity index (χ1v) is 7.14. The van der Waals surface area contributed by atoms with Crippen LogP contribution in [0.25, 0.3) is 11.0 Å². The Morgan fingerprint density at radius 1 is 1.40 bits per heavy atom. The highest BCUT2D eigenvalue weighted by molar-refractivity contribution is 5.80. The molecule has 5 heteroatoms. The Kier molecular flexibility index (Phi) is 4.74. The molecule has 0 bridgehead atoms. The summed E-state index contributed by atoms with van der Waals surface area (Å²) in [6.45, 7) is 5.54. The Hall–Kier alpha value is -1.88. The zero-order valence-corrected chi connectivity index (χ0v) is 12.1. The summed E-state index contributed by atoms with van der Waals surface area (Å²) >= 11 is 0. The summed E-state index contributed by atoms with van der Waals surface area (Å²) in [5, 5.41) is 3.12. The van der Waals surface area contributed by atoms with Crippen molar-refractivity contribution in [3.8, 4) is 0 Å². The van der Waals surface area contributed by atoms with Crippen molar-refractivity contribution in [1.82, 2.24) is 14.9 Å². The maximum atomic E-state index is 11.4. The number of aryl methyl sites for hydroxylation is 2. The monoisotopic (exact) mass is 274 g/mol. The van der Waals surface area contributed by atoms with Crippen molar-refractivity contribution in [2.24, 2.45) is 5.73 Å². The summed E-state index contributed by atoms with van der Waals surface area (Å²) in [6, 6.07) is 7.79. The Morgan fingerprint density at radius 2 is 2.15 bits per heavy atom. The van der Waals surface area contributed by atoms with Gasteiger partial charge in [-0.05, 0) is 25.1 Å². The van der Waals surface area contributed by atoms with Crippen molar-refractivity contribution in [3.63, 3.8) is 0 Å². The van der Waals surface area contributed by atoms with Gasteiger partial charge in [-0.1, -0.05) is 26.0 Å². The second-order valence-corrected chi connectivity index (χ2v) is 4.82. The minimum absolute atomic E-state index is 0.286. The van der Waals surface area contributed by atoms with E-state index in [1.807, 2.05) is 25.1 Å². The van der Waals surface area contributed by atoms with Gasteiger partial charge in [0.05, 0.1) is 17.1 Å². The first-order valence-electron chi connectivity index (χ1n) is 7.14. The topological polar surface area (TPSA) is 72.9 Å². The average molecular weight is 274 g/mol. The van der Waals surface area contributed by atoms with E-state index in [0.29, 0.717) is 6.42 Å². The van der Waals surface area contributed by atoms with Crippen molar-refractivity contribution in [2.45, 2.75) is 39.3 Å². The summed E-state index contributed by atoms with van der Waals surface area (Å²) in [6.07, 6.45) is 1.55. The molecule has 0 fully saturated rings. The maximum Gasteiger partial charge on any atom is 0.234 e. The van der Waals surface area contributed by atoms with E-state index >= 15 is 0 Å². The largest absolute Gasteiger partial charge is 0.368 e. The van der Waals surface area contributed by atoms with E-state index in [9.17, 15) is 4.79 Å². The molecule has 108 valence electrons. The van der Waals surface area contributed by atoms with Gasteiger partial charge in [0.2, 0.25) is 5.91 Å². The molecule has 0 saturated heterocycles. The van der Waals surface area contributed by atoms with Crippen LogP contribution in [0.15, 0.2) is 24.3 Å². The Bertz CT molecular complexity index is 591. The van der Waals surface area contributed by atoms with Gasteiger partial charge in [-0.2, -0.15) is 0 Å². The lowest BCUT2D eigenvalue weighted by Gasteiger charge is -2.15. The molecule has 1 heterocycles. The van der Waals surface area contributed by atoms with E-state index in [1.54, 1.807) is 0 Å². The number of carbonyl (C=O) groups excluding carboxylic acids is 1. The van der Waals surface area contributed by atoms with Crippen LogP contribution >= 0.6 is 0 Å². The first-order chi connectivity index (χ1) is 9.67. The van der Waals surface area contributed by atoms with Crippen LogP contribution in [0.4, 0.5) is 0 Å². The lowest BCUT2D eigenvalue weighted by Crippen LogP contribution is -2.41. The molecule has 3 N–H and O–H groups in total. The molecule has 2 aromatic rings. The zero-order valence-electron chi connectivity index (χ0n) is 12.1. The fraction of sp³-hybridized carbons (Fsp3) is 0.467. The fourth-order valence-corrected chi connectivity index (χ4v) is 2.49. The quantitative estimate of drug-likeness (QED) is 0.802. The van der Waals surface area contributed by atoms with Crippen LogP contribution in [0.5, 0.6) is 0 Å². The highest BCUT2D eigenvalue weighted by Crippen LogP contribution is 2.17. The molecular weight excluding hydrogens is 252 g/mol. The molecule has 0 radical (unpaired) electrons. The lowest BCUT2D eigenvalue weighted by molar-refractivity contribution is -0.120. The van der Waals surface area contributed by atoms with Crippen LogP contribution in [0.3, 0.4) is 0 Å². The van der Waals surface area contributed by atoms with Gasteiger partial charge >= 0.3 is 0 Å². The Balaban J connectivity index is 2.22. The summed E-state index contributed by atoms with van der Waals surface area (Å²) in [5.74, 6) is 0.750. The minimum atomic E-state index is -0.297. The smallest absolute Gasteiger partial charge is 0.234 e. The number of nitrogens with zero attached hydrogens (tertiary/aromatic N) is 2. The molecule has 1 atom stereocenters. The summed E-state index contributed by atoms with van der Waals surface area (Å²) < 4.78 is 2.18. The standard InChI is InChI=1S/C15H22N4O/c1-3-14-18-11-7-5-6-8-13(11)19(14)10-9-12(15(16)20)17-4-2/h5-8,12,17H,3-4,9-10H2,1-2H3,(H2,16,20). The molecule has 0 saturated carbocycles. The van der Waals surface area contributed by atoms with Crippen LogP contribution < -0.4 is 11.1 Å². The number of amides is 1. The number of likely N-dealkylation sites (N-methyl/N-ethyl adjacent to an activating group) is 1. The number of fused-ring (bicyclic) bond motifs is 1. The second-order valence-electron chi connectivity index (χ2n) is 4.82. The maximum absolute atomic E-state index is 11.4. The summed E-state index contributed by atoms with van der Waals surface area (Å²) in [4.78, 5) is 16.0. The molecule has 2 rings (SSSR count). The van der Waals surface area contributed by atoms with Crippen molar-refractivity contribution < 1.29 is 4.79 Å². The Morgan fingerprint density at radius 3 is 2.80 bits per heavy atom. The third kappa shape index (κ3) is 2.99. The second kappa shape index (κ2) is 6.52. The molecule has 5 nitrogen and oxygen atoms in total. The number of benzene rings is 1. The molecule has 0 spiro atoms. The highest BCUT2D eigenvalue weighted by Gasteiger charge is 2.15. The van der Waals surface area contributed by atoms with Crippen LogP contribution in [0.1, 0.15) is 26.1 Å². The van der Waals surface area contributed by atoms with Crippen molar-refractivity contribution in [1.29, 1.82) is 0 Å². The molecule has 0 aliphatic carbocycles. The van der Waals surface area contributed by atoms with Gasteiger partial charge in [-0.15, -0.1) is 0 Å². The molecular formula is C15H22N4O. The molecule has 1 aromatic heterocycles. The van der Waals surface area contributed by atoms with E-state index in [4.69, 9.17) is 5.73 Å². The van der Waals surface area contributed by atoms with Gasteiger partial charge in [0.1, 0.15) is 5.82 Å². The minimum Gasteiger partial charge on any atom is -0.368 e. The van der Waals surface area contributed by atoms with Crippen LogP contribution in [0.2, 0.25) is 0 Å². The van der Waals surface area contributed by atoms with Crippen LogP contribution in [-0.4, -0.2) is 28.0 Å². The number of hydrogen-bond acceptors (Lipinski definition) is 3. The molecule has 0 aliphatic rings. The Labute approximate surface area is 119 Å². The molecule has 0 aliphatic heterocycles. The van der Waals surface area contributed by atoms with Crippen molar-refractivity contribution in [2.75, 3.05) is 6.54 Å². The van der Waals surface area contributed by atoms with Crippen molar-refractivity contribution >= 4 is 16.9 Å². The predicted octanol–water partition coefficient (Wildman–Crippen LogP) is 1.45. The van der Waals surface area contributed by atoms with E-state index in [2.05, 4.69) is 27.9 Å². The van der Waals surface area contributed by atoms with Crippen molar-refractivity contribution in [3.05, 3.63) is 30.1 Å². The average Bonchev–Trinajstić information content (AvgIpc) is 2.81. The normalized spacial score (nSPS) is 12.7. The number of carbonyl (C=O) groups is 1. The van der Waals surface area contributed by atoms with E-state index < -0.39 is 0 Å². The first kappa shape index (κ1) is 14.5. The van der Waals surface area contributed by atoms with Crippen LogP contribution in [-0.2, 0) is 17.8 Å². The number of nitrogens with two attached hydrogens (primary N) is 1. The van der Waals surface area contributed by atoms with E-state index in [-0.39, 0.29) is 11.9 Å². The lowest BCUT2D eigenvalue weighted by atomic mass is 10.2. The van der Waals surface area contributed by atoms with E-state index in [1.165, 1.54) is 0 Å². The van der Waals surface area contributed by atoms with Gasteiger partial charge in [-0.3, -0.25) is 4.79 Å². The number of para-hydroxylation sites is 2. The van der Waals surface area contributed by atoms with Gasteiger partial charge in [0.15, 0.2) is 0 Å². The third-order valence-corrected chi connectivity index (χ3v) is 3.49. The van der Waals surface area contributed by atoms with Gasteiger partial charge in [0, 0.05) is 13.0 Å². The van der Waals surface area contributed by atoms with Gasteiger partial charge in [-0.25, -0.2) is 4.98 Å². The SMILES string of the molecule is CCNC(CCn1c(CC)nc2ccccc21)C(N)=O.